The van der Waals surface area contributed by atoms with Crippen molar-refractivity contribution < 1.29 is 14.2 Å². The molecule has 0 heterocycles. The summed E-state index contributed by atoms with van der Waals surface area (Å²) in [4.78, 5) is 0. The van der Waals surface area contributed by atoms with E-state index in [9.17, 15) is 0 Å². The first-order chi connectivity index (χ1) is 11.1. The molecule has 0 N–H and O–H groups in total. The fourth-order valence-corrected chi connectivity index (χ4v) is 2.52. The Balaban J connectivity index is 1.94. The highest BCUT2D eigenvalue weighted by atomic mass is 79.9. The largest absolute Gasteiger partial charge is 0.493 e. The second kappa shape index (κ2) is 8.61. The second-order valence-electron chi connectivity index (χ2n) is 4.96. The molecule has 0 aliphatic rings. The Morgan fingerprint density at radius 1 is 1.04 bits per heavy atom. The predicted molar refractivity (Wildman–Crippen MR) is 95.0 cm³/mol. The minimum atomic E-state index is 0.370. The number of hydrogen-bond acceptors (Lipinski definition) is 3. The maximum absolute atomic E-state index is 5.63. The van der Waals surface area contributed by atoms with Gasteiger partial charge >= 0.3 is 0 Å². The third-order valence-electron chi connectivity index (χ3n) is 3.24. The molecule has 4 heteroatoms. The Hall–Kier alpha value is -1.96. The van der Waals surface area contributed by atoms with Gasteiger partial charge in [0.15, 0.2) is 11.5 Å². The van der Waals surface area contributed by atoms with Gasteiger partial charge in [-0.15, -0.1) is 0 Å². The maximum Gasteiger partial charge on any atom is 0.161 e. The molecule has 0 radical (unpaired) electrons. The van der Waals surface area contributed by atoms with Gasteiger partial charge in [0.1, 0.15) is 6.61 Å². The highest BCUT2D eigenvalue weighted by molar-refractivity contribution is 9.10. The molecule has 0 aromatic heterocycles. The Bertz CT molecular complexity index is 729. The monoisotopic (exact) mass is 374 g/mol. The molecule has 0 aliphatic heterocycles. The van der Waals surface area contributed by atoms with E-state index in [0.717, 1.165) is 15.6 Å². The van der Waals surface area contributed by atoms with Crippen LogP contribution in [0.25, 0.3) is 0 Å². The Kier molecular flexibility index (Phi) is 6.52. The minimum Gasteiger partial charge on any atom is -0.493 e. The topological polar surface area (TPSA) is 27.7 Å². The van der Waals surface area contributed by atoms with Crippen LogP contribution in [0.15, 0.2) is 40.9 Å². The van der Waals surface area contributed by atoms with Crippen molar-refractivity contribution >= 4 is 15.9 Å². The van der Waals surface area contributed by atoms with Gasteiger partial charge in [0.05, 0.1) is 20.8 Å². The zero-order valence-electron chi connectivity index (χ0n) is 13.5. The average molecular weight is 375 g/mol. The average Bonchev–Trinajstić information content (AvgIpc) is 2.55. The van der Waals surface area contributed by atoms with Crippen molar-refractivity contribution in [3.8, 4) is 23.3 Å². The van der Waals surface area contributed by atoms with Crippen LogP contribution in [0, 0.1) is 18.8 Å². The maximum atomic E-state index is 5.63. The van der Waals surface area contributed by atoms with Gasteiger partial charge in [-0.25, -0.2) is 0 Å². The Morgan fingerprint density at radius 3 is 2.48 bits per heavy atom. The fourth-order valence-electron chi connectivity index (χ4n) is 2.08. The van der Waals surface area contributed by atoms with Crippen molar-refractivity contribution in [1.82, 2.24) is 0 Å². The molecule has 2 aromatic rings. The lowest BCUT2D eigenvalue weighted by Crippen LogP contribution is -1.97. The zero-order valence-corrected chi connectivity index (χ0v) is 15.1. The first kappa shape index (κ1) is 17.4. The van der Waals surface area contributed by atoms with E-state index in [1.165, 1.54) is 5.56 Å². The number of ether oxygens (including phenoxy) is 3. The van der Waals surface area contributed by atoms with Crippen LogP contribution in [0.5, 0.6) is 11.5 Å². The highest BCUT2D eigenvalue weighted by Crippen LogP contribution is 2.33. The van der Waals surface area contributed by atoms with Crippen molar-refractivity contribution in [3.63, 3.8) is 0 Å². The van der Waals surface area contributed by atoms with Gasteiger partial charge in [-0.2, -0.15) is 0 Å². The molecule has 0 amide bonds. The summed E-state index contributed by atoms with van der Waals surface area (Å²) >= 11 is 3.51. The number of hydrogen-bond donors (Lipinski definition) is 0. The van der Waals surface area contributed by atoms with Gasteiger partial charge in [0, 0.05) is 10.0 Å². The van der Waals surface area contributed by atoms with Crippen molar-refractivity contribution in [2.45, 2.75) is 13.5 Å². The fraction of sp³-hybridized carbons (Fsp3) is 0.263. The van der Waals surface area contributed by atoms with E-state index in [-0.39, 0.29) is 0 Å². The van der Waals surface area contributed by atoms with Crippen LogP contribution < -0.4 is 9.47 Å². The third kappa shape index (κ3) is 5.02. The molecule has 0 saturated heterocycles. The molecule has 0 aliphatic carbocycles. The van der Waals surface area contributed by atoms with Gasteiger partial charge in [0.25, 0.3) is 0 Å². The summed E-state index contributed by atoms with van der Waals surface area (Å²) in [5.74, 6) is 7.49. The molecule has 0 fully saturated rings. The van der Waals surface area contributed by atoms with E-state index >= 15 is 0 Å². The van der Waals surface area contributed by atoms with Crippen LogP contribution in [0.3, 0.4) is 0 Å². The number of rotatable bonds is 5. The van der Waals surface area contributed by atoms with Crippen LogP contribution in [-0.2, 0) is 11.3 Å². The van der Waals surface area contributed by atoms with Gasteiger partial charge < -0.3 is 14.2 Å². The predicted octanol–water partition coefficient (Wildman–Crippen LogP) is 4.34. The van der Waals surface area contributed by atoms with Gasteiger partial charge in [0.2, 0.25) is 0 Å². The Morgan fingerprint density at radius 2 is 1.78 bits per heavy atom. The quantitative estimate of drug-likeness (QED) is 0.575. The molecule has 3 nitrogen and oxygen atoms in total. The van der Waals surface area contributed by atoms with Crippen LogP contribution in [-0.4, -0.2) is 20.8 Å². The Labute approximate surface area is 145 Å². The summed E-state index contributed by atoms with van der Waals surface area (Å²) in [6.07, 6.45) is 0. The molecule has 0 saturated carbocycles. The molecule has 0 unspecified atom stereocenters. The number of halogens is 1. The van der Waals surface area contributed by atoms with Crippen LogP contribution in [0.2, 0.25) is 0 Å². The molecule has 23 heavy (non-hydrogen) atoms. The van der Waals surface area contributed by atoms with E-state index in [2.05, 4.69) is 46.8 Å². The molecular formula is C19H19BrO3. The van der Waals surface area contributed by atoms with Crippen LogP contribution >= 0.6 is 15.9 Å². The van der Waals surface area contributed by atoms with Gasteiger partial charge in [-0.1, -0.05) is 39.9 Å². The number of aryl methyl sites for hydroxylation is 1. The van der Waals surface area contributed by atoms with Crippen LogP contribution in [0.1, 0.15) is 16.7 Å². The summed E-state index contributed by atoms with van der Waals surface area (Å²) < 4.78 is 17.1. The second-order valence-corrected chi connectivity index (χ2v) is 5.82. The van der Waals surface area contributed by atoms with E-state index in [0.29, 0.717) is 24.7 Å². The molecule has 0 spiro atoms. The lowest BCUT2D eigenvalue weighted by atomic mass is 10.1. The number of methoxy groups -OCH3 is 2. The van der Waals surface area contributed by atoms with Crippen molar-refractivity contribution in [1.29, 1.82) is 0 Å². The molecule has 120 valence electrons. The molecular weight excluding hydrogens is 356 g/mol. The van der Waals surface area contributed by atoms with E-state index in [1.807, 2.05) is 24.3 Å². The summed E-state index contributed by atoms with van der Waals surface area (Å²) in [6.45, 7) is 2.87. The number of benzene rings is 2. The summed E-state index contributed by atoms with van der Waals surface area (Å²) in [5.41, 5.74) is 3.19. The zero-order chi connectivity index (χ0) is 16.7. The molecule has 0 atom stereocenters. The standard InChI is InChI=1S/C19H19BrO3/c1-14-6-4-7-15(10-14)8-5-9-23-13-16-11-18(21-2)19(22-3)12-17(16)20/h4,6-7,10-12H,9,13H2,1-3H3. The van der Waals surface area contributed by atoms with Crippen molar-refractivity contribution in [2.75, 3.05) is 20.8 Å². The van der Waals surface area contributed by atoms with Crippen LogP contribution in [0.4, 0.5) is 0 Å². The normalized spacial score (nSPS) is 9.91. The molecule has 0 bridgehead atoms. The smallest absolute Gasteiger partial charge is 0.161 e. The summed E-state index contributed by atoms with van der Waals surface area (Å²) in [7, 11) is 3.23. The lowest BCUT2D eigenvalue weighted by Gasteiger charge is -2.11. The van der Waals surface area contributed by atoms with E-state index in [1.54, 1.807) is 14.2 Å². The first-order valence-electron chi connectivity index (χ1n) is 7.17. The lowest BCUT2D eigenvalue weighted by molar-refractivity contribution is 0.152. The van der Waals surface area contributed by atoms with Crippen molar-refractivity contribution in [3.05, 3.63) is 57.6 Å². The summed E-state index contributed by atoms with van der Waals surface area (Å²) in [6, 6.07) is 11.9. The van der Waals surface area contributed by atoms with E-state index in [4.69, 9.17) is 14.2 Å². The molecule has 2 rings (SSSR count). The first-order valence-corrected chi connectivity index (χ1v) is 7.97. The van der Waals surface area contributed by atoms with Crippen molar-refractivity contribution in [2.24, 2.45) is 0 Å². The highest BCUT2D eigenvalue weighted by Gasteiger charge is 2.09. The van der Waals surface area contributed by atoms with E-state index < -0.39 is 0 Å². The van der Waals surface area contributed by atoms with Gasteiger partial charge in [-0.3, -0.25) is 0 Å². The molecule has 2 aromatic carbocycles. The minimum absolute atomic E-state index is 0.370. The van der Waals surface area contributed by atoms with Gasteiger partial charge in [-0.05, 0) is 42.3 Å². The summed E-state index contributed by atoms with van der Waals surface area (Å²) in [5, 5.41) is 0. The SMILES string of the molecule is COc1cc(Br)c(COCC#Cc2cccc(C)c2)cc1OC. The third-order valence-corrected chi connectivity index (χ3v) is 3.97.